The molecule has 1 saturated heterocycles. The zero-order valence-electron chi connectivity index (χ0n) is 10.6. The first-order chi connectivity index (χ1) is 9.31. The van der Waals surface area contributed by atoms with E-state index in [1.54, 1.807) is 11.3 Å². The van der Waals surface area contributed by atoms with E-state index in [0.29, 0.717) is 0 Å². The molecule has 0 amide bonds. The number of rotatable bonds is 4. The average molecular weight is 314 g/mol. The number of fused-ring (bicyclic) bond motifs is 1. The van der Waals surface area contributed by atoms with Gasteiger partial charge in [0.05, 0.1) is 10.2 Å². The Bertz CT molecular complexity index is 552. The number of hydrogen-bond donors (Lipinski definition) is 1. The summed E-state index contributed by atoms with van der Waals surface area (Å²) in [6.07, 6.45) is 0. The standard InChI is InChI=1S/C13H16ClN3S2/c14-10-1-2-12-11(9-10)16-13(19-12)15-3-4-17-5-7-18-8-6-17/h1-2,9H,3-8H2,(H,15,16). The van der Waals surface area contributed by atoms with Crippen LogP contribution in [-0.4, -0.2) is 47.6 Å². The van der Waals surface area contributed by atoms with Gasteiger partial charge in [0.2, 0.25) is 0 Å². The molecule has 0 spiro atoms. The predicted octanol–water partition coefficient (Wildman–Crippen LogP) is 3.41. The van der Waals surface area contributed by atoms with Gasteiger partial charge in [0.15, 0.2) is 5.13 Å². The van der Waals surface area contributed by atoms with Gasteiger partial charge in [-0.2, -0.15) is 11.8 Å². The van der Waals surface area contributed by atoms with Crippen molar-refractivity contribution in [2.75, 3.05) is 43.0 Å². The van der Waals surface area contributed by atoms with Crippen LogP contribution in [-0.2, 0) is 0 Å². The van der Waals surface area contributed by atoms with Gasteiger partial charge in [-0.1, -0.05) is 22.9 Å². The third kappa shape index (κ3) is 3.54. The summed E-state index contributed by atoms with van der Waals surface area (Å²) in [6.45, 7) is 4.47. The lowest BCUT2D eigenvalue weighted by Gasteiger charge is -2.25. The van der Waals surface area contributed by atoms with Crippen LogP contribution in [0.2, 0.25) is 5.02 Å². The fraction of sp³-hybridized carbons (Fsp3) is 0.462. The molecule has 1 aromatic heterocycles. The Balaban J connectivity index is 1.56. The van der Waals surface area contributed by atoms with Crippen molar-refractivity contribution < 1.29 is 0 Å². The second-order valence-electron chi connectivity index (χ2n) is 4.51. The summed E-state index contributed by atoms with van der Waals surface area (Å²) in [5.41, 5.74) is 0.981. The Morgan fingerprint density at radius 2 is 2.16 bits per heavy atom. The van der Waals surface area contributed by atoms with E-state index in [1.165, 1.54) is 29.3 Å². The lowest BCUT2D eigenvalue weighted by molar-refractivity contribution is 0.314. The molecule has 0 radical (unpaired) electrons. The number of nitrogens with zero attached hydrogens (tertiary/aromatic N) is 2. The van der Waals surface area contributed by atoms with Crippen LogP contribution in [0.5, 0.6) is 0 Å². The second-order valence-corrected chi connectivity index (χ2v) is 7.20. The van der Waals surface area contributed by atoms with Crippen molar-refractivity contribution in [3.63, 3.8) is 0 Å². The molecule has 3 nitrogen and oxygen atoms in total. The monoisotopic (exact) mass is 313 g/mol. The van der Waals surface area contributed by atoms with Gasteiger partial charge in [0, 0.05) is 42.7 Å². The van der Waals surface area contributed by atoms with Gasteiger partial charge in [0.1, 0.15) is 0 Å². The molecule has 0 bridgehead atoms. The molecule has 0 atom stereocenters. The molecule has 1 N–H and O–H groups in total. The van der Waals surface area contributed by atoms with Crippen LogP contribution in [0.25, 0.3) is 10.2 Å². The molecule has 1 aliphatic heterocycles. The van der Waals surface area contributed by atoms with E-state index >= 15 is 0 Å². The number of hydrogen-bond acceptors (Lipinski definition) is 5. The Morgan fingerprint density at radius 1 is 1.32 bits per heavy atom. The highest BCUT2D eigenvalue weighted by atomic mass is 35.5. The van der Waals surface area contributed by atoms with Crippen LogP contribution in [0.1, 0.15) is 0 Å². The fourth-order valence-electron chi connectivity index (χ4n) is 2.12. The van der Waals surface area contributed by atoms with Gasteiger partial charge in [-0.25, -0.2) is 4.98 Å². The maximum Gasteiger partial charge on any atom is 0.183 e. The lowest BCUT2D eigenvalue weighted by Crippen LogP contribution is -2.36. The highest BCUT2D eigenvalue weighted by molar-refractivity contribution is 7.99. The normalized spacial score (nSPS) is 16.9. The largest absolute Gasteiger partial charge is 0.360 e. The number of nitrogens with one attached hydrogen (secondary N) is 1. The number of thiazole rings is 1. The van der Waals surface area contributed by atoms with Gasteiger partial charge >= 0.3 is 0 Å². The first-order valence-electron chi connectivity index (χ1n) is 6.41. The summed E-state index contributed by atoms with van der Waals surface area (Å²) in [4.78, 5) is 7.06. The highest BCUT2D eigenvalue weighted by Gasteiger charge is 2.10. The molecule has 3 rings (SSSR count). The topological polar surface area (TPSA) is 28.2 Å². The van der Waals surface area contributed by atoms with Crippen molar-refractivity contribution >= 4 is 50.0 Å². The van der Waals surface area contributed by atoms with Gasteiger partial charge in [-0.3, -0.25) is 4.90 Å². The molecule has 102 valence electrons. The SMILES string of the molecule is Clc1ccc2sc(NCCN3CCSCC3)nc2c1. The molecule has 0 unspecified atom stereocenters. The van der Waals surface area contributed by atoms with Crippen molar-refractivity contribution in [1.82, 2.24) is 9.88 Å². The summed E-state index contributed by atoms with van der Waals surface area (Å²) in [6, 6.07) is 5.86. The van der Waals surface area contributed by atoms with E-state index in [-0.39, 0.29) is 0 Å². The second kappa shape index (κ2) is 6.31. The Hall–Kier alpha value is -0.490. The van der Waals surface area contributed by atoms with Crippen LogP contribution in [0.4, 0.5) is 5.13 Å². The minimum atomic E-state index is 0.746. The molecule has 1 fully saturated rings. The molecule has 6 heteroatoms. The number of benzene rings is 1. The predicted molar refractivity (Wildman–Crippen MR) is 86.9 cm³/mol. The Morgan fingerprint density at radius 3 is 3.00 bits per heavy atom. The molecule has 1 aromatic carbocycles. The third-order valence-electron chi connectivity index (χ3n) is 3.16. The highest BCUT2D eigenvalue weighted by Crippen LogP contribution is 2.27. The Kier molecular flexibility index (Phi) is 4.48. The van der Waals surface area contributed by atoms with Crippen molar-refractivity contribution in [2.45, 2.75) is 0 Å². The molecular weight excluding hydrogens is 298 g/mol. The minimum Gasteiger partial charge on any atom is -0.360 e. The molecule has 1 aliphatic rings. The fourth-order valence-corrected chi connectivity index (χ4v) is 4.14. The lowest BCUT2D eigenvalue weighted by atomic mass is 10.3. The number of halogens is 1. The van der Waals surface area contributed by atoms with Gasteiger partial charge in [-0.05, 0) is 18.2 Å². The molecular formula is C13H16ClN3S2. The molecule has 0 saturated carbocycles. The van der Waals surface area contributed by atoms with Gasteiger partial charge in [0.25, 0.3) is 0 Å². The summed E-state index contributed by atoms with van der Waals surface area (Å²) < 4.78 is 1.18. The van der Waals surface area contributed by atoms with Crippen molar-refractivity contribution in [3.05, 3.63) is 23.2 Å². The first-order valence-corrected chi connectivity index (χ1v) is 8.76. The van der Waals surface area contributed by atoms with E-state index in [2.05, 4.69) is 15.2 Å². The summed E-state index contributed by atoms with van der Waals surface area (Å²) in [7, 11) is 0. The van der Waals surface area contributed by atoms with Gasteiger partial charge < -0.3 is 5.32 Å². The smallest absolute Gasteiger partial charge is 0.183 e. The van der Waals surface area contributed by atoms with Crippen LogP contribution in [0.3, 0.4) is 0 Å². The summed E-state index contributed by atoms with van der Waals surface area (Å²) >= 11 is 9.71. The van der Waals surface area contributed by atoms with E-state index in [1.807, 2.05) is 30.0 Å². The molecule has 0 aliphatic carbocycles. The average Bonchev–Trinajstić information content (AvgIpc) is 2.82. The van der Waals surface area contributed by atoms with Crippen LogP contribution < -0.4 is 5.32 Å². The number of anilines is 1. The van der Waals surface area contributed by atoms with Crippen LogP contribution in [0, 0.1) is 0 Å². The molecule has 19 heavy (non-hydrogen) atoms. The Labute approximate surface area is 126 Å². The van der Waals surface area contributed by atoms with Crippen molar-refractivity contribution in [2.24, 2.45) is 0 Å². The maximum atomic E-state index is 5.97. The van der Waals surface area contributed by atoms with E-state index in [0.717, 1.165) is 28.8 Å². The van der Waals surface area contributed by atoms with E-state index in [9.17, 15) is 0 Å². The summed E-state index contributed by atoms with van der Waals surface area (Å²) in [5.74, 6) is 2.53. The van der Waals surface area contributed by atoms with Crippen molar-refractivity contribution in [1.29, 1.82) is 0 Å². The van der Waals surface area contributed by atoms with Crippen molar-refractivity contribution in [3.8, 4) is 0 Å². The van der Waals surface area contributed by atoms with E-state index in [4.69, 9.17) is 11.6 Å². The third-order valence-corrected chi connectivity index (χ3v) is 5.33. The van der Waals surface area contributed by atoms with Gasteiger partial charge in [-0.15, -0.1) is 0 Å². The molecule has 2 heterocycles. The number of thioether (sulfide) groups is 1. The zero-order valence-corrected chi connectivity index (χ0v) is 13.0. The van der Waals surface area contributed by atoms with Crippen LogP contribution in [0.15, 0.2) is 18.2 Å². The number of aromatic nitrogens is 1. The quantitative estimate of drug-likeness (QED) is 0.936. The van der Waals surface area contributed by atoms with Crippen LogP contribution >= 0.6 is 34.7 Å². The maximum absolute atomic E-state index is 5.97. The zero-order chi connectivity index (χ0) is 13.1. The van der Waals surface area contributed by atoms with E-state index < -0.39 is 0 Å². The summed E-state index contributed by atoms with van der Waals surface area (Å²) in [5, 5.41) is 5.15. The first kappa shape index (κ1) is 13.5. The minimum absolute atomic E-state index is 0.746. The molecule has 2 aromatic rings.